The number of benzene rings is 1. The summed E-state index contributed by atoms with van der Waals surface area (Å²) in [6.45, 7) is 1.85. The van der Waals surface area contributed by atoms with Crippen molar-refractivity contribution in [3.8, 4) is 0 Å². The molecule has 13 nitrogen and oxygen atoms in total. The zero-order valence-corrected chi connectivity index (χ0v) is 17.7. The lowest BCUT2D eigenvalue weighted by Crippen LogP contribution is -2.52. The van der Waals surface area contributed by atoms with Crippen LogP contribution in [-0.4, -0.2) is 52.4 Å². The van der Waals surface area contributed by atoms with Gasteiger partial charge in [-0.2, -0.15) is 0 Å². The molecule has 0 bridgehead atoms. The van der Waals surface area contributed by atoms with Gasteiger partial charge in [0.05, 0.1) is 6.54 Å². The molecule has 170 valence electrons. The number of nitrogens with zero attached hydrogens (tertiary/aromatic N) is 2. The average molecular weight is 465 g/mol. The van der Waals surface area contributed by atoms with Gasteiger partial charge in [0.1, 0.15) is 5.82 Å². The number of fused-ring (bicyclic) bond motifs is 1. The summed E-state index contributed by atoms with van der Waals surface area (Å²) in [5, 5.41) is 13.8. The van der Waals surface area contributed by atoms with Crippen LogP contribution in [0.5, 0.6) is 0 Å². The summed E-state index contributed by atoms with van der Waals surface area (Å²) in [4.78, 5) is 59.5. The lowest BCUT2D eigenvalue weighted by molar-refractivity contribution is -0.139. The second-order valence-electron chi connectivity index (χ2n) is 6.84. The molecule has 3 rings (SSSR count). The second-order valence-corrected chi connectivity index (χ2v) is 8.81. The number of carbonyl (C=O) groups is 3. The maximum atomic E-state index is 12.9. The molecule has 14 heteroatoms. The third-order valence-electron chi connectivity index (χ3n) is 4.70. The van der Waals surface area contributed by atoms with E-state index in [2.05, 4.69) is 10.6 Å². The fourth-order valence-corrected chi connectivity index (χ4v) is 4.83. The topological polar surface area (TPSA) is 186 Å². The lowest BCUT2D eigenvalue weighted by atomic mass is 10.2. The molecule has 2 heterocycles. The van der Waals surface area contributed by atoms with Gasteiger partial charge in [0.15, 0.2) is 4.90 Å². The second kappa shape index (κ2) is 8.30. The smallest absolute Gasteiger partial charge is 0.332 e. The monoisotopic (exact) mass is 465 g/mol. The fourth-order valence-electron chi connectivity index (χ4n) is 3.17. The van der Waals surface area contributed by atoms with E-state index in [4.69, 9.17) is 5.11 Å². The van der Waals surface area contributed by atoms with Crippen LogP contribution in [0.25, 0.3) is 0 Å². The van der Waals surface area contributed by atoms with Gasteiger partial charge in [-0.05, 0) is 24.6 Å². The minimum atomic E-state index is -4.90. The van der Waals surface area contributed by atoms with E-state index in [0.29, 0.717) is 22.4 Å². The maximum absolute atomic E-state index is 12.9. The predicted octanol–water partition coefficient (Wildman–Crippen LogP) is -1.08. The number of nitrogens with one attached hydrogen (secondary N) is 3. The molecule has 0 saturated carbocycles. The predicted molar refractivity (Wildman–Crippen MR) is 111 cm³/mol. The number of carboxylic acids is 1. The molecular weight excluding hydrogens is 446 g/mol. The van der Waals surface area contributed by atoms with Crippen LogP contribution in [0.4, 0.5) is 16.3 Å². The molecule has 1 aliphatic heterocycles. The van der Waals surface area contributed by atoms with Crippen molar-refractivity contribution in [1.82, 2.24) is 14.5 Å². The molecule has 2 aromatic rings. The molecule has 0 aliphatic carbocycles. The van der Waals surface area contributed by atoms with Crippen LogP contribution < -0.4 is 27.2 Å². The Balaban J connectivity index is 2.05. The van der Waals surface area contributed by atoms with Gasteiger partial charge in [0, 0.05) is 19.3 Å². The summed E-state index contributed by atoms with van der Waals surface area (Å²) in [5.41, 5.74) is -1.29. The average Bonchev–Trinajstić information content (AvgIpc) is 2.69. The summed E-state index contributed by atoms with van der Waals surface area (Å²) >= 11 is 0. The van der Waals surface area contributed by atoms with Crippen molar-refractivity contribution >= 4 is 39.3 Å². The maximum Gasteiger partial charge on any atom is 0.332 e. The normalized spacial score (nSPS) is 16.6. The number of carboxylic acid groups (broad SMARTS) is 1. The van der Waals surface area contributed by atoms with Crippen LogP contribution in [-0.2, 0) is 33.0 Å². The zero-order valence-electron chi connectivity index (χ0n) is 16.9. The Labute approximate surface area is 180 Å². The van der Waals surface area contributed by atoms with Crippen LogP contribution in [0, 0.1) is 0 Å². The van der Waals surface area contributed by atoms with E-state index in [0.717, 1.165) is 11.6 Å². The number of rotatable bonds is 5. The Hall–Kier alpha value is -3.94. The van der Waals surface area contributed by atoms with Crippen LogP contribution >= 0.6 is 0 Å². The van der Waals surface area contributed by atoms with E-state index in [1.807, 2.05) is 5.32 Å². The SMILES string of the molecule is CCNC(=O)Nc1ccc(Cn2c(=O)c3c(n(C)c2=O)NC(=O)C(C(=O)O)S3(=O)=O)cc1. The summed E-state index contributed by atoms with van der Waals surface area (Å²) in [7, 11) is -3.75. The standard InChI is InChI=1S/C18H19N5O8S/c1-3-19-17(28)20-10-6-4-9(5-7-10)8-23-15(25)11-13(22(2)18(23)29)21-14(24)12(16(26)27)32(11,30)31/h4-7,12H,3,8H2,1-2H3,(H,21,24)(H,26,27)(H2,19,20,28). The first-order valence-electron chi connectivity index (χ1n) is 9.24. The highest BCUT2D eigenvalue weighted by Gasteiger charge is 2.48. The van der Waals surface area contributed by atoms with E-state index in [-0.39, 0.29) is 6.54 Å². The third kappa shape index (κ3) is 3.87. The van der Waals surface area contributed by atoms with Crippen molar-refractivity contribution in [3.63, 3.8) is 0 Å². The zero-order chi connectivity index (χ0) is 23.8. The molecule has 4 N–H and O–H groups in total. The first-order chi connectivity index (χ1) is 15.0. The first-order valence-corrected chi connectivity index (χ1v) is 10.8. The van der Waals surface area contributed by atoms with Gasteiger partial charge in [-0.1, -0.05) is 12.1 Å². The fraction of sp³-hybridized carbons (Fsp3) is 0.278. The Morgan fingerprint density at radius 1 is 1.16 bits per heavy atom. The van der Waals surface area contributed by atoms with Gasteiger partial charge in [0.2, 0.25) is 15.1 Å². The molecule has 1 unspecified atom stereocenters. The molecule has 1 aliphatic rings. The molecule has 1 atom stereocenters. The Kier molecular flexibility index (Phi) is 5.90. The Morgan fingerprint density at radius 2 is 1.78 bits per heavy atom. The number of aliphatic carboxylic acids is 1. The van der Waals surface area contributed by atoms with Crippen LogP contribution in [0.3, 0.4) is 0 Å². The Bertz CT molecular complexity index is 1340. The molecular formula is C18H19N5O8S. The number of hydrogen-bond donors (Lipinski definition) is 4. The number of anilines is 2. The van der Waals surface area contributed by atoms with Gasteiger partial charge in [-0.25, -0.2) is 18.0 Å². The summed E-state index contributed by atoms with van der Waals surface area (Å²) in [5.74, 6) is -3.89. The van der Waals surface area contributed by atoms with Gasteiger partial charge in [-0.15, -0.1) is 0 Å². The third-order valence-corrected chi connectivity index (χ3v) is 6.67. The molecule has 0 saturated heterocycles. The highest BCUT2D eigenvalue weighted by molar-refractivity contribution is 7.93. The number of sulfone groups is 1. The molecule has 0 fully saturated rings. The molecule has 32 heavy (non-hydrogen) atoms. The van der Waals surface area contributed by atoms with Crippen molar-refractivity contribution in [2.75, 3.05) is 17.2 Å². The van der Waals surface area contributed by atoms with E-state index in [1.54, 1.807) is 6.92 Å². The molecule has 1 aromatic carbocycles. The van der Waals surface area contributed by atoms with Gasteiger partial charge in [0.25, 0.3) is 11.5 Å². The van der Waals surface area contributed by atoms with E-state index < -0.39 is 55.0 Å². The minimum Gasteiger partial charge on any atom is -0.480 e. The molecule has 1 aromatic heterocycles. The first kappa shape index (κ1) is 22.7. The summed E-state index contributed by atoms with van der Waals surface area (Å²) < 4.78 is 26.8. The largest absolute Gasteiger partial charge is 0.480 e. The Morgan fingerprint density at radius 3 is 2.34 bits per heavy atom. The van der Waals surface area contributed by atoms with Gasteiger partial charge >= 0.3 is 17.7 Å². The minimum absolute atomic E-state index is 0.332. The quantitative estimate of drug-likeness (QED) is 0.401. The number of carbonyl (C=O) groups excluding carboxylic acids is 2. The highest BCUT2D eigenvalue weighted by Crippen LogP contribution is 2.26. The van der Waals surface area contributed by atoms with Crippen LogP contribution in [0.2, 0.25) is 0 Å². The number of hydrogen-bond acceptors (Lipinski definition) is 7. The molecule has 0 spiro atoms. The number of aromatic nitrogens is 2. The lowest BCUT2D eigenvalue weighted by Gasteiger charge is -2.24. The van der Waals surface area contributed by atoms with E-state index >= 15 is 0 Å². The highest BCUT2D eigenvalue weighted by atomic mass is 32.2. The van der Waals surface area contributed by atoms with E-state index in [9.17, 15) is 32.4 Å². The van der Waals surface area contributed by atoms with Crippen LogP contribution in [0.15, 0.2) is 38.8 Å². The van der Waals surface area contributed by atoms with Crippen molar-refractivity contribution < 1.29 is 27.9 Å². The van der Waals surface area contributed by atoms with Gasteiger partial charge < -0.3 is 21.1 Å². The van der Waals surface area contributed by atoms with Gasteiger partial charge in [-0.3, -0.25) is 23.5 Å². The van der Waals surface area contributed by atoms with E-state index in [1.165, 1.54) is 24.3 Å². The molecule has 0 radical (unpaired) electrons. The molecule has 3 amide bonds. The van der Waals surface area contributed by atoms with Crippen LogP contribution in [0.1, 0.15) is 12.5 Å². The summed E-state index contributed by atoms with van der Waals surface area (Å²) in [6, 6.07) is 5.67. The van der Waals surface area contributed by atoms with Crippen molar-refractivity contribution in [2.45, 2.75) is 23.6 Å². The van der Waals surface area contributed by atoms with Crippen molar-refractivity contribution in [1.29, 1.82) is 0 Å². The van der Waals surface area contributed by atoms with Crippen molar-refractivity contribution in [3.05, 3.63) is 50.7 Å². The summed E-state index contributed by atoms with van der Waals surface area (Å²) in [6.07, 6.45) is 0. The van der Waals surface area contributed by atoms with Crippen molar-refractivity contribution in [2.24, 2.45) is 7.05 Å². The number of urea groups is 1. The number of amides is 3.